The molecule has 0 unspecified atom stereocenters. The number of carbonyl (C=O) groups excluding carboxylic acids is 1. The lowest BCUT2D eigenvalue weighted by Crippen LogP contribution is -2.59. The van der Waals surface area contributed by atoms with Gasteiger partial charge in [-0.05, 0) is 45.7 Å². The molecular weight excluding hydrogens is 292 g/mol. The number of morpholine rings is 1. The Labute approximate surface area is 138 Å². The second-order valence-corrected chi connectivity index (χ2v) is 7.23. The minimum absolute atomic E-state index is 0.0384. The maximum absolute atomic E-state index is 11.7. The number of pyridine rings is 1. The molecule has 1 aromatic rings. The first kappa shape index (κ1) is 16.2. The summed E-state index contributed by atoms with van der Waals surface area (Å²) in [6, 6.07) is 3.71. The molecule has 5 heteroatoms. The maximum Gasteiger partial charge on any atom is 0.339 e. The normalized spacial score (nSPS) is 22.3. The number of esters is 1. The highest BCUT2D eigenvalue weighted by atomic mass is 16.5. The molecule has 23 heavy (non-hydrogen) atoms. The maximum atomic E-state index is 11.7. The fourth-order valence-corrected chi connectivity index (χ4v) is 3.86. The third-order valence-electron chi connectivity index (χ3n) is 4.64. The Morgan fingerprint density at radius 2 is 2.04 bits per heavy atom. The second kappa shape index (κ2) is 6.11. The van der Waals surface area contributed by atoms with Gasteiger partial charge in [0.2, 0.25) is 0 Å². The van der Waals surface area contributed by atoms with Crippen LogP contribution in [0.1, 0.15) is 56.8 Å². The number of carbonyl (C=O) groups is 1. The monoisotopic (exact) mass is 318 g/mol. The fraction of sp³-hybridized carbons (Fsp3) is 0.667. The van der Waals surface area contributed by atoms with Crippen LogP contribution in [-0.2, 0) is 9.47 Å². The van der Waals surface area contributed by atoms with E-state index in [0.29, 0.717) is 12.2 Å². The predicted molar refractivity (Wildman–Crippen MR) is 88.8 cm³/mol. The molecule has 1 aromatic heterocycles. The van der Waals surface area contributed by atoms with Crippen molar-refractivity contribution in [2.24, 2.45) is 0 Å². The lowest BCUT2D eigenvalue weighted by Gasteiger charge is -2.49. The summed E-state index contributed by atoms with van der Waals surface area (Å²) in [5.41, 5.74) is 0.270. The molecule has 1 spiro atoms. The van der Waals surface area contributed by atoms with Gasteiger partial charge in [-0.1, -0.05) is 12.8 Å². The second-order valence-electron chi connectivity index (χ2n) is 7.23. The van der Waals surface area contributed by atoms with Crippen molar-refractivity contribution in [1.29, 1.82) is 0 Å². The Balaban J connectivity index is 1.78. The summed E-state index contributed by atoms with van der Waals surface area (Å²) < 4.78 is 11.4. The van der Waals surface area contributed by atoms with Crippen LogP contribution in [0.4, 0.5) is 5.82 Å². The standard InChI is InChI=1S/C18H26N2O3/c1-4-22-16(21)14-7-8-15(19-11-14)20-12-17(2,3)23-18(13-20)9-5-6-10-18/h7-8,11H,4-6,9-10,12-13H2,1-3H3. The fourth-order valence-electron chi connectivity index (χ4n) is 3.86. The van der Waals surface area contributed by atoms with E-state index in [1.165, 1.54) is 12.8 Å². The van der Waals surface area contributed by atoms with Crippen LogP contribution in [0.5, 0.6) is 0 Å². The summed E-state index contributed by atoms with van der Waals surface area (Å²) in [4.78, 5) is 18.5. The van der Waals surface area contributed by atoms with Gasteiger partial charge in [0.1, 0.15) is 5.82 Å². The Morgan fingerprint density at radius 3 is 2.65 bits per heavy atom. The van der Waals surface area contributed by atoms with Crippen LogP contribution in [0.2, 0.25) is 0 Å². The van der Waals surface area contributed by atoms with Crippen molar-refractivity contribution < 1.29 is 14.3 Å². The van der Waals surface area contributed by atoms with Crippen molar-refractivity contribution in [1.82, 2.24) is 4.98 Å². The zero-order chi connectivity index (χ0) is 16.5. The molecule has 1 aliphatic heterocycles. The van der Waals surface area contributed by atoms with E-state index in [-0.39, 0.29) is 17.2 Å². The van der Waals surface area contributed by atoms with E-state index in [4.69, 9.17) is 9.47 Å². The lowest BCUT2D eigenvalue weighted by atomic mass is 9.94. The van der Waals surface area contributed by atoms with Gasteiger partial charge in [0.05, 0.1) is 23.4 Å². The molecule has 2 heterocycles. The molecular formula is C18H26N2O3. The molecule has 1 saturated carbocycles. The number of hydrogen-bond acceptors (Lipinski definition) is 5. The number of aromatic nitrogens is 1. The summed E-state index contributed by atoms with van der Waals surface area (Å²) in [6.07, 6.45) is 6.32. The average Bonchev–Trinajstić information content (AvgIpc) is 2.93. The summed E-state index contributed by atoms with van der Waals surface area (Å²) in [5, 5.41) is 0. The summed E-state index contributed by atoms with van der Waals surface area (Å²) in [6.45, 7) is 8.15. The van der Waals surface area contributed by atoms with E-state index in [1.54, 1.807) is 19.2 Å². The van der Waals surface area contributed by atoms with E-state index >= 15 is 0 Å². The quantitative estimate of drug-likeness (QED) is 0.801. The van der Waals surface area contributed by atoms with Gasteiger partial charge in [-0.25, -0.2) is 9.78 Å². The smallest absolute Gasteiger partial charge is 0.339 e. The zero-order valence-electron chi connectivity index (χ0n) is 14.3. The van der Waals surface area contributed by atoms with Gasteiger partial charge in [0.25, 0.3) is 0 Å². The van der Waals surface area contributed by atoms with Gasteiger partial charge in [-0.15, -0.1) is 0 Å². The highest BCUT2D eigenvalue weighted by molar-refractivity contribution is 5.89. The first-order chi connectivity index (χ1) is 10.9. The minimum Gasteiger partial charge on any atom is -0.462 e. The van der Waals surface area contributed by atoms with Gasteiger partial charge >= 0.3 is 5.97 Å². The first-order valence-corrected chi connectivity index (χ1v) is 8.51. The van der Waals surface area contributed by atoms with Crippen LogP contribution in [0.15, 0.2) is 18.3 Å². The number of ether oxygens (including phenoxy) is 2. The van der Waals surface area contributed by atoms with E-state index in [2.05, 4.69) is 23.7 Å². The molecule has 0 atom stereocenters. The molecule has 5 nitrogen and oxygen atoms in total. The van der Waals surface area contributed by atoms with Crippen LogP contribution in [0.3, 0.4) is 0 Å². The van der Waals surface area contributed by atoms with Crippen LogP contribution < -0.4 is 4.90 Å². The number of rotatable bonds is 3. The summed E-state index contributed by atoms with van der Waals surface area (Å²) in [5.74, 6) is 0.585. The highest BCUT2D eigenvalue weighted by Crippen LogP contribution is 2.41. The Bertz CT molecular complexity index is 562. The van der Waals surface area contributed by atoms with Gasteiger partial charge in [0, 0.05) is 19.3 Å². The van der Waals surface area contributed by atoms with E-state index in [1.807, 2.05) is 6.07 Å². The van der Waals surface area contributed by atoms with E-state index in [0.717, 1.165) is 31.7 Å². The van der Waals surface area contributed by atoms with Crippen molar-refractivity contribution >= 4 is 11.8 Å². The topological polar surface area (TPSA) is 51.7 Å². The summed E-state index contributed by atoms with van der Waals surface area (Å²) in [7, 11) is 0. The van der Waals surface area contributed by atoms with E-state index < -0.39 is 0 Å². The number of anilines is 1. The Morgan fingerprint density at radius 1 is 1.30 bits per heavy atom. The molecule has 3 rings (SSSR count). The van der Waals surface area contributed by atoms with Crippen molar-refractivity contribution in [2.75, 3.05) is 24.6 Å². The Hall–Kier alpha value is -1.62. The molecule has 0 amide bonds. The lowest BCUT2D eigenvalue weighted by molar-refractivity contribution is -0.148. The zero-order valence-corrected chi connectivity index (χ0v) is 14.3. The predicted octanol–water partition coefficient (Wildman–Crippen LogP) is 3.19. The Kier molecular flexibility index (Phi) is 4.32. The van der Waals surface area contributed by atoms with Crippen molar-refractivity contribution in [3.63, 3.8) is 0 Å². The highest BCUT2D eigenvalue weighted by Gasteiger charge is 2.46. The number of hydrogen-bond donors (Lipinski definition) is 0. The SMILES string of the molecule is CCOC(=O)c1ccc(N2CC(C)(C)OC3(CCCC3)C2)nc1. The van der Waals surface area contributed by atoms with E-state index in [9.17, 15) is 4.79 Å². The van der Waals surface area contributed by atoms with Crippen LogP contribution >= 0.6 is 0 Å². The average molecular weight is 318 g/mol. The molecule has 0 aromatic carbocycles. The molecule has 1 saturated heterocycles. The van der Waals surface area contributed by atoms with Gasteiger partial charge in [-0.2, -0.15) is 0 Å². The van der Waals surface area contributed by atoms with Crippen LogP contribution in [0, 0.1) is 0 Å². The summed E-state index contributed by atoms with van der Waals surface area (Å²) >= 11 is 0. The van der Waals surface area contributed by atoms with Crippen molar-refractivity contribution in [2.45, 2.75) is 57.7 Å². The van der Waals surface area contributed by atoms with Gasteiger partial charge in [0.15, 0.2) is 0 Å². The van der Waals surface area contributed by atoms with Gasteiger partial charge in [-0.3, -0.25) is 0 Å². The molecule has 0 bridgehead atoms. The third-order valence-corrected chi connectivity index (χ3v) is 4.64. The molecule has 126 valence electrons. The van der Waals surface area contributed by atoms with Crippen LogP contribution in [-0.4, -0.2) is 41.9 Å². The molecule has 1 aliphatic carbocycles. The molecule has 0 radical (unpaired) electrons. The van der Waals surface area contributed by atoms with Crippen molar-refractivity contribution in [3.05, 3.63) is 23.9 Å². The van der Waals surface area contributed by atoms with Gasteiger partial charge < -0.3 is 14.4 Å². The molecule has 0 N–H and O–H groups in total. The molecule has 2 aliphatic rings. The first-order valence-electron chi connectivity index (χ1n) is 8.51. The minimum atomic E-state index is -0.318. The largest absolute Gasteiger partial charge is 0.462 e. The van der Waals surface area contributed by atoms with Crippen LogP contribution in [0.25, 0.3) is 0 Å². The molecule has 2 fully saturated rings. The van der Waals surface area contributed by atoms with Crippen molar-refractivity contribution in [3.8, 4) is 0 Å². The number of nitrogens with zero attached hydrogens (tertiary/aromatic N) is 2. The third kappa shape index (κ3) is 3.50.